The fourth-order valence-corrected chi connectivity index (χ4v) is 2.52. The Morgan fingerprint density at radius 1 is 1.00 bits per heavy atom. The number of benzene rings is 2. The van der Waals surface area contributed by atoms with Crippen molar-refractivity contribution in [3.63, 3.8) is 0 Å². The summed E-state index contributed by atoms with van der Waals surface area (Å²) in [6.07, 6.45) is 5.88. The lowest BCUT2D eigenvalue weighted by atomic mass is 10.2. The second-order valence-corrected chi connectivity index (χ2v) is 6.23. The molecular formula is C23H20FN3O3. The molecule has 0 fully saturated rings. The topological polar surface area (TPSA) is 80.3 Å². The highest BCUT2D eigenvalue weighted by atomic mass is 19.1. The molecule has 152 valence electrons. The number of hydrogen-bond acceptors (Lipinski definition) is 4. The van der Waals surface area contributed by atoms with Crippen molar-refractivity contribution in [2.45, 2.75) is 0 Å². The summed E-state index contributed by atoms with van der Waals surface area (Å²) in [4.78, 5) is 27.7. The molecule has 0 aliphatic heterocycles. The van der Waals surface area contributed by atoms with Gasteiger partial charge in [-0.1, -0.05) is 24.3 Å². The Kier molecular flexibility index (Phi) is 7.27. The normalized spacial score (nSPS) is 10.6. The van der Waals surface area contributed by atoms with E-state index in [9.17, 15) is 14.0 Å². The maximum absolute atomic E-state index is 14.2. The van der Waals surface area contributed by atoms with E-state index in [4.69, 9.17) is 4.74 Å². The lowest BCUT2D eigenvalue weighted by molar-refractivity contribution is -0.116. The van der Waals surface area contributed by atoms with Crippen LogP contribution < -0.4 is 15.4 Å². The summed E-state index contributed by atoms with van der Waals surface area (Å²) in [5.41, 5.74) is 1.07. The molecule has 7 heteroatoms. The Balaban J connectivity index is 1.44. The number of carbonyl (C=O) groups is 2. The van der Waals surface area contributed by atoms with Crippen molar-refractivity contribution in [3.05, 3.63) is 96.1 Å². The van der Waals surface area contributed by atoms with Crippen molar-refractivity contribution in [3.8, 4) is 11.5 Å². The molecule has 0 saturated carbocycles. The Labute approximate surface area is 173 Å². The predicted octanol–water partition coefficient (Wildman–Crippen LogP) is 3.57. The van der Waals surface area contributed by atoms with Gasteiger partial charge in [0.1, 0.15) is 5.75 Å². The number of nitrogens with one attached hydrogen (secondary N) is 2. The fourth-order valence-electron chi connectivity index (χ4n) is 2.52. The molecule has 30 heavy (non-hydrogen) atoms. The van der Waals surface area contributed by atoms with Crippen LogP contribution in [-0.2, 0) is 4.79 Å². The number of halogens is 1. The molecule has 0 spiro atoms. The van der Waals surface area contributed by atoms with Crippen LogP contribution in [-0.4, -0.2) is 29.9 Å². The van der Waals surface area contributed by atoms with Gasteiger partial charge < -0.3 is 15.4 Å². The number of aromatic nitrogens is 1. The minimum Gasteiger partial charge on any atom is -0.453 e. The zero-order valence-electron chi connectivity index (χ0n) is 16.0. The zero-order chi connectivity index (χ0) is 21.2. The van der Waals surface area contributed by atoms with Crippen LogP contribution in [0.3, 0.4) is 0 Å². The maximum atomic E-state index is 14.2. The van der Waals surface area contributed by atoms with Crippen molar-refractivity contribution >= 4 is 17.9 Å². The molecule has 2 N–H and O–H groups in total. The van der Waals surface area contributed by atoms with Crippen molar-refractivity contribution in [2.24, 2.45) is 0 Å². The van der Waals surface area contributed by atoms with Gasteiger partial charge in [-0.2, -0.15) is 0 Å². The van der Waals surface area contributed by atoms with Gasteiger partial charge in [-0.05, 0) is 48.0 Å². The molecular weight excluding hydrogens is 385 g/mol. The largest absolute Gasteiger partial charge is 0.453 e. The number of carbonyl (C=O) groups excluding carboxylic acids is 2. The van der Waals surface area contributed by atoms with Crippen molar-refractivity contribution < 1.29 is 18.7 Å². The van der Waals surface area contributed by atoms with Crippen LogP contribution in [0.1, 0.15) is 15.9 Å². The first-order valence-electron chi connectivity index (χ1n) is 9.28. The molecule has 0 bridgehead atoms. The monoisotopic (exact) mass is 405 g/mol. The summed E-state index contributed by atoms with van der Waals surface area (Å²) in [5, 5.41) is 5.37. The summed E-state index contributed by atoms with van der Waals surface area (Å²) in [6.45, 7) is 0.566. The molecule has 3 rings (SSSR count). The molecule has 3 aromatic rings. The number of pyridine rings is 1. The molecule has 2 amide bonds. The number of amides is 2. The van der Waals surface area contributed by atoms with Crippen molar-refractivity contribution in [1.29, 1.82) is 0 Å². The molecule has 0 aliphatic carbocycles. The van der Waals surface area contributed by atoms with E-state index < -0.39 is 5.82 Å². The molecule has 0 aliphatic rings. The smallest absolute Gasteiger partial charge is 0.251 e. The Morgan fingerprint density at radius 3 is 2.53 bits per heavy atom. The summed E-state index contributed by atoms with van der Waals surface area (Å²) in [7, 11) is 0. The van der Waals surface area contributed by atoms with Crippen LogP contribution in [0.2, 0.25) is 0 Å². The molecule has 0 radical (unpaired) electrons. The number of hydrogen-bond donors (Lipinski definition) is 2. The van der Waals surface area contributed by atoms with E-state index in [1.807, 2.05) is 6.07 Å². The molecule has 1 aromatic heterocycles. The van der Waals surface area contributed by atoms with E-state index in [0.717, 1.165) is 0 Å². The summed E-state index contributed by atoms with van der Waals surface area (Å²) in [6, 6.07) is 16.6. The molecule has 0 unspecified atom stereocenters. The van der Waals surface area contributed by atoms with Gasteiger partial charge in [0, 0.05) is 30.9 Å². The zero-order valence-corrected chi connectivity index (χ0v) is 16.0. The van der Waals surface area contributed by atoms with Gasteiger partial charge in [0.15, 0.2) is 11.6 Å². The SMILES string of the molecule is O=C(/C=C/c1ccc(Oc2cccnc2)c(F)c1)NCCNC(=O)c1ccccc1. The average Bonchev–Trinajstić information content (AvgIpc) is 2.78. The summed E-state index contributed by atoms with van der Waals surface area (Å²) in [5.74, 6) is -0.605. The lowest BCUT2D eigenvalue weighted by Crippen LogP contribution is -2.33. The third-order valence-corrected chi connectivity index (χ3v) is 3.99. The minimum atomic E-state index is -0.551. The molecule has 6 nitrogen and oxygen atoms in total. The van der Waals surface area contributed by atoms with E-state index in [2.05, 4.69) is 15.6 Å². The third-order valence-electron chi connectivity index (χ3n) is 3.99. The highest BCUT2D eigenvalue weighted by Gasteiger charge is 2.06. The molecule has 1 heterocycles. The molecule has 2 aromatic carbocycles. The Morgan fingerprint density at radius 2 is 1.80 bits per heavy atom. The van der Waals surface area contributed by atoms with Gasteiger partial charge in [-0.15, -0.1) is 0 Å². The van der Waals surface area contributed by atoms with Crippen molar-refractivity contribution in [1.82, 2.24) is 15.6 Å². The first-order valence-corrected chi connectivity index (χ1v) is 9.28. The Hall–Kier alpha value is -4.00. The first-order chi connectivity index (χ1) is 14.6. The maximum Gasteiger partial charge on any atom is 0.251 e. The number of nitrogens with zero attached hydrogens (tertiary/aromatic N) is 1. The summed E-state index contributed by atoms with van der Waals surface area (Å²) < 4.78 is 19.6. The third kappa shape index (κ3) is 6.27. The van der Waals surface area contributed by atoms with Gasteiger partial charge in [0.05, 0.1) is 6.20 Å². The predicted molar refractivity (Wildman–Crippen MR) is 112 cm³/mol. The highest BCUT2D eigenvalue weighted by Crippen LogP contribution is 2.24. The van der Waals surface area contributed by atoms with Crippen LogP contribution in [0.5, 0.6) is 11.5 Å². The highest BCUT2D eigenvalue weighted by molar-refractivity contribution is 5.94. The molecule has 0 saturated heterocycles. The standard InChI is InChI=1S/C23H20FN3O3/c24-20-15-17(8-10-21(20)30-19-7-4-12-25-16-19)9-11-22(28)26-13-14-27-23(29)18-5-2-1-3-6-18/h1-12,15-16H,13-14H2,(H,26,28)(H,27,29)/b11-9+. The van der Waals surface area contributed by atoms with Gasteiger partial charge in [0.25, 0.3) is 5.91 Å². The van der Waals surface area contributed by atoms with Gasteiger partial charge in [0.2, 0.25) is 5.91 Å². The van der Waals surface area contributed by atoms with E-state index in [1.54, 1.807) is 48.7 Å². The van der Waals surface area contributed by atoms with Gasteiger partial charge in [-0.3, -0.25) is 14.6 Å². The minimum absolute atomic E-state index is 0.0683. The van der Waals surface area contributed by atoms with Crippen LogP contribution >= 0.6 is 0 Å². The van der Waals surface area contributed by atoms with Crippen LogP contribution in [0.15, 0.2) is 79.1 Å². The van der Waals surface area contributed by atoms with E-state index in [1.165, 1.54) is 30.5 Å². The van der Waals surface area contributed by atoms with Gasteiger partial charge >= 0.3 is 0 Å². The van der Waals surface area contributed by atoms with Crippen LogP contribution in [0.25, 0.3) is 6.08 Å². The fraction of sp³-hybridized carbons (Fsp3) is 0.0870. The lowest BCUT2D eigenvalue weighted by Gasteiger charge is -2.07. The quantitative estimate of drug-likeness (QED) is 0.444. The van der Waals surface area contributed by atoms with Crippen LogP contribution in [0.4, 0.5) is 4.39 Å². The van der Waals surface area contributed by atoms with Crippen molar-refractivity contribution in [2.75, 3.05) is 13.1 Å². The van der Waals surface area contributed by atoms with E-state index in [0.29, 0.717) is 23.4 Å². The number of rotatable bonds is 8. The number of ether oxygens (including phenoxy) is 1. The van der Waals surface area contributed by atoms with Crippen LogP contribution in [0, 0.1) is 5.82 Å². The van der Waals surface area contributed by atoms with Gasteiger partial charge in [-0.25, -0.2) is 4.39 Å². The Bertz CT molecular complexity index is 1020. The second-order valence-electron chi connectivity index (χ2n) is 6.23. The second kappa shape index (κ2) is 10.5. The summed E-state index contributed by atoms with van der Waals surface area (Å²) >= 11 is 0. The molecule has 0 atom stereocenters. The van der Waals surface area contributed by atoms with E-state index in [-0.39, 0.29) is 24.1 Å². The first kappa shape index (κ1) is 20.7. The van der Waals surface area contributed by atoms with E-state index >= 15 is 0 Å². The average molecular weight is 405 g/mol.